The molecule has 1 aromatic heterocycles. The molecular formula is C28H33N3O4S. The third-order valence-electron chi connectivity index (χ3n) is 6.24. The monoisotopic (exact) mass is 507 g/mol. The normalized spacial score (nSPS) is 12.6. The molecule has 7 nitrogen and oxygen atoms in total. The molecular weight excluding hydrogens is 474 g/mol. The van der Waals surface area contributed by atoms with Crippen molar-refractivity contribution in [2.75, 3.05) is 27.3 Å². The molecule has 2 aromatic carbocycles. The molecule has 0 saturated heterocycles. The first-order valence-corrected chi connectivity index (χ1v) is 13.0. The number of ether oxygens (including phenoxy) is 2. The van der Waals surface area contributed by atoms with Gasteiger partial charge >= 0.3 is 6.03 Å². The summed E-state index contributed by atoms with van der Waals surface area (Å²) in [7, 11) is 3.23. The summed E-state index contributed by atoms with van der Waals surface area (Å²) < 4.78 is 10.8. The molecule has 1 N–H and O–H groups in total. The van der Waals surface area contributed by atoms with Crippen molar-refractivity contribution in [1.82, 2.24) is 15.1 Å². The molecule has 0 bridgehead atoms. The van der Waals surface area contributed by atoms with Crippen LogP contribution in [0.3, 0.4) is 0 Å². The van der Waals surface area contributed by atoms with Gasteiger partial charge in [0.25, 0.3) is 0 Å². The van der Waals surface area contributed by atoms with Crippen molar-refractivity contribution in [3.05, 3.63) is 82.0 Å². The van der Waals surface area contributed by atoms with Gasteiger partial charge in [0.15, 0.2) is 11.5 Å². The van der Waals surface area contributed by atoms with Crippen molar-refractivity contribution < 1.29 is 19.1 Å². The fraction of sp³-hybridized carbons (Fsp3) is 0.357. The molecule has 0 radical (unpaired) electrons. The summed E-state index contributed by atoms with van der Waals surface area (Å²) in [4.78, 5) is 31.2. The van der Waals surface area contributed by atoms with Crippen LogP contribution in [0.1, 0.15) is 28.8 Å². The van der Waals surface area contributed by atoms with Crippen molar-refractivity contribution in [3.63, 3.8) is 0 Å². The third-order valence-corrected chi connectivity index (χ3v) is 7.10. The number of nitrogens with zero attached hydrogens (tertiary/aromatic N) is 2. The van der Waals surface area contributed by atoms with E-state index < -0.39 is 0 Å². The zero-order valence-corrected chi connectivity index (χ0v) is 21.6. The molecule has 0 aliphatic heterocycles. The van der Waals surface area contributed by atoms with E-state index in [0.717, 1.165) is 28.8 Å². The van der Waals surface area contributed by atoms with Crippen LogP contribution in [0.4, 0.5) is 4.79 Å². The molecule has 0 unspecified atom stereocenters. The molecule has 0 spiro atoms. The highest BCUT2D eigenvalue weighted by Gasteiger charge is 2.34. The summed E-state index contributed by atoms with van der Waals surface area (Å²) in [5.74, 6) is 1.29. The van der Waals surface area contributed by atoms with Crippen LogP contribution in [0, 0.1) is 0 Å². The molecule has 190 valence electrons. The number of thiophene rings is 1. The van der Waals surface area contributed by atoms with E-state index in [1.807, 2.05) is 70.9 Å². The van der Waals surface area contributed by atoms with E-state index in [0.29, 0.717) is 37.6 Å². The SMILES string of the molecule is COc1ccc(CCN(Cc2cccs2)C(=O)CN(C(=O)NCc2ccccc2)C2CC2)cc1OC. The van der Waals surface area contributed by atoms with Crippen LogP contribution < -0.4 is 14.8 Å². The average Bonchev–Trinajstić information content (AvgIpc) is 3.63. The Morgan fingerprint density at radius 1 is 0.972 bits per heavy atom. The second-order valence-corrected chi connectivity index (χ2v) is 9.87. The summed E-state index contributed by atoms with van der Waals surface area (Å²) in [6.07, 6.45) is 2.53. The number of nitrogens with one attached hydrogen (secondary N) is 1. The lowest BCUT2D eigenvalue weighted by molar-refractivity contribution is -0.132. The van der Waals surface area contributed by atoms with E-state index >= 15 is 0 Å². The van der Waals surface area contributed by atoms with Gasteiger partial charge in [0, 0.05) is 24.0 Å². The van der Waals surface area contributed by atoms with Gasteiger partial charge in [-0.1, -0.05) is 42.5 Å². The Morgan fingerprint density at radius 2 is 1.75 bits per heavy atom. The minimum absolute atomic E-state index is 0.0503. The fourth-order valence-electron chi connectivity index (χ4n) is 4.06. The fourth-order valence-corrected chi connectivity index (χ4v) is 4.78. The predicted molar refractivity (Wildman–Crippen MR) is 141 cm³/mol. The molecule has 1 fully saturated rings. The van der Waals surface area contributed by atoms with Crippen LogP contribution in [0.5, 0.6) is 11.5 Å². The summed E-state index contributed by atoms with van der Waals surface area (Å²) in [6, 6.07) is 19.6. The van der Waals surface area contributed by atoms with Crippen LogP contribution in [0.25, 0.3) is 0 Å². The maximum Gasteiger partial charge on any atom is 0.318 e. The lowest BCUT2D eigenvalue weighted by Gasteiger charge is -2.28. The van der Waals surface area contributed by atoms with Gasteiger partial charge in [-0.25, -0.2) is 4.79 Å². The number of rotatable bonds is 12. The second kappa shape index (κ2) is 12.4. The standard InChI is InChI=1S/C28H33N3O4S/c1-34-25-13-10-21(17-26(25)35-2)14-15-30(19-24-9-6-16-36-24)27(32)20-31(23-11-12-23)28(33)29-18-22-7-4-3-5-8-22/h3-10,13,16-17,23H,11-12,14-15,18-20H2,1-2H3,(H,29,33). The molecule has 4 rings (SSSR count). The quantitative estimate of drug-likeness (QED) is 0.385. The molecule has 36 heavy (non-hydrogen) atoms. The average molecular weight is 508 g/mol. The van der Waals surface area contributed by atoms with Gasteiger partial charge in [0.2, 0.25) is 5.91 Å². The summed E-state index contributed by atoms with van der Waals surface area (Å²) in [6.45, 7) is 1.57. The number of benzene rings is 2. The van der Waals surface area contributed by atoms with Gasteiger partial charge in [-0.2, -0.15) is 0 Å². The third kappa shape index (κ3) is 7.01. The summed E-state index contributed by atoms with van der Waals surface area (Å²) in [5, 5.41) is 5.00. The highest BCUT2D eigenvalue weighted by Crippen LogP contribution is 2.29. The topological polar surface area (TPSA) is 71.1 Å². The van der Waals surface area contributed by atoms with Crippen molar-refractivity contribution >= 4 is 23.3 Å². The van der Waals surface area contributed by atoms with Crippen molar-refractivity contribution in [2.45, 2.75) is 38.4 Å². The van der Waals surface area contributed by atoms with Crippen LogP contribution in [-0.2, 0) is 24.3 Å². The van der Waals surface area contributed by atoms with Gasteiger partial charge in [-0.15, -0.1) is 11.3 Å². The molecule has 8 heteroatoms. The number of methoxy groups -OCH3 is 2. The molecule has 3 amide bonds. The van der Waals surface area contributed by atoms with E-state index in [4.69, 9.17) is 9.47 Å². The van der Waals surface area contributed by atoms with Crippen LogP contribution in [0.15, 0.2) is 66.0 Å². The molecule has 1 aliphatic rings. The largest absolute Gasteiger partial charge is 0.493 e. The Bertz CT molecular complexity index is 1130. The zero-order chi connectivity index (χ0) is 25.3. The Labute approximate surface area is 216 Å². The number of carbonyl (C=O) groups is 2. The van der Waals surface area contributed by atoms with Crippen LogP contribution >= 0.6 is 11.3 Å². The molecule has 1 saturated carbocycles. The first-order valence-electron chi connectivity index (χ1n) is 12.2. The molecule has 3 aromatic rings. The minimum atomic E-state index is -0.189. The minimum Gasteiger partial charge on any atom is -0.493 e. The number of amides is 3. The lowest BCUT2D eigenvalue weighted by atomic mass is 10.1. The number of hydrogen-bond donors (Lipinski definition) is 1. The van der Waals surface area contributed by atoms with Gasteiger partial charge < -0.3 is 24.6 Å². The summed E-state index contributed by atoms with van der Waals surface area (Å²) in [5.41, 5.74) is 2.08. The highest BCUT2D eigenvalue weighted by molar-refractivity contribution is 7.09. The van der Waals surface area contributed by atoms with E-state index in [1.54, 1.807) is 30.5 Å². The maximum absolute atomic E-state index is 13.5. The Kier molecular flexibility index (Phi) is 8.84. The maximum atomic E-state index is 13.5. The molecule has 1 aliphatic carbocycles. The highest BCUT2D eigenvalue weighted by atomic mass is 32.1. The summed E-state index contributed by atoms with van der Waals surface area (Å²) >= 11 is 1.63. The lowest BCUT2D eigenvalue weighted by Crippen LogP contribution is -2.47. The van der Waals surface area contributed by atoms with E-state index in [-0.39, 0.29) is 24.5 Å². The smallest absolute Gasteiger partial charge is 0.318 e. The van der Waals surface area contributed by atoms with Gasteiger partial charge in [0.1, 0.15) is 6.54 Å². The Hall–Kier alpha value is -3.52. The van der Waals surface area contributed by atoms with Crippen molar-refractivity contribution in [1.29, 1.82) is 0 Å². The molecule has 0 atom stereocenters. The second-order valence-electron chi connectivity index (χ2n) is 8.84. The van der Waals surface area contributed by atoms with Crippen molar-refractivity contribution in [2.24, 2.45) is 0 Å². The van der Waals surface area contributed by atoms with E-state index in [9.17, 15) is 9.59 Å². The van der Waals surface area contributed by atoms with Gasteiger partial charge in [0.05, 0.1) is 20.8 Å². The molecule has 1 heterocycles. The zero-order valence-electron chi connectivity index (χ0n) is 20.8. The predicted octanol–water partition coefficient (Wildman–Crippen LogP) is 4.71. The van der Waals surface area contributed by atoms with E-state index in [2.05, 4.69) is 5.32 Å². The van der Waals surface area contributed by atoms with Crippen LogP contribution in [-0.4, -0.2) is 55.1 Å². The van der Waals surface area contributed by atoms with Crippen LogP contribution in [0.2, 0.25) is 0 Å². The first-order chi connectivity index (χ1) is 17.6. The van der Waals surface area contributed by atoms with Gasteiger partial charge in [-0.05, 0) is 54.0 Å². The van der Waals surface area contributed by atoms with E-state index in [1.165, 1.54) is 0 Å². The van der Waals surface area contributed by atoms with Crippen molar-refractivity contribution in [3.8, 4) is 11.5 Å². The number of hydrogen-bond acceptors (Lipinski definition) is 5. The first kappa shape index (κ1) is 25.6. The Balaban J connectivity index is 1.42. The Morgan fingerprint density at radius 3 is 2.42 bits per heavy atom. The number of carbonyl (C=O) groups excluding carboxylic acids is 2. The number of urea groups is 1. The van der Waals surface area contributed by atoms with Gasteiger partial charge in [-0.3, -0.25) is 4.79 Å².